The number of sulfonamides is 1. The smallest absolute Gasteiger partial charge is 0.246 e. The zero-order valence-corrected chi connectivity index (χ0v) is 15.6. The van der Waals surface area contributed by atoms with Gasteiger partial charge in [-0.1, -0.05) is 24.3 Å². The van der Waals surface area contributed by atoms with E-state index in [1.807, 2.05) is 29.2 Å². The highest BCUT2D eigenvalue weighted by molar-refractivity contribution is 7.89. The largest absolute Gasteiger partial charge is 0.353 e. The summed E-state index contributed by atoms with van der Waals surface area (Å²) in [4.78, 5) is 16.9. The molecule has 2 radical (unpaired) electrons. The summed E-state index contributed by atoms with van der Waals surface area (Å²) in [6.45, 7) is 3.61. The van der Waals surface area contributed by atoms with Crippen molar-refractivity contribution in [3.8, 4) is 0 Å². The maximum Gasteiger partial charge on any atom is 0.246 e. The van der Waals surface area contributed by atoms with Crippen LogP contribution in [0.4, 0.5) is 0 Å². The number of hydrogen-bond donors (Lipinski definition) is 0. The number of piperidine rings is 1. The summed E-state index contributed by atoms with van der Waals surface area (Å²) in [6, 6.07) is 6.94. The Hall–Kier alpha value is -1.38. The molecular formula is C17H24BN3O3S. The SMILES string of the molecule is [B]N1CCC(N2Cc3ccccc3C(N(C)S(=O)(=O)CC)C2=O)CC1. The van der Waals surface area contributed by atoms with E-state index in [0.717, 1.165) is 37.1 Å². The van der Waals surface area contributed by atoms with Crippen LogP contribution in [-0.2, 0) is 21.4 Å². The number of nitrogens with zero attached hydrogens (tertiary/aromatic N) is 3. The summed E-state index contributed by atoms with van der Waals surface area (Å²) in [5.74, 6) is -0.158. The second-order valence-electron chi connectivity index (χ2n) is 6.75. The Morgan fingerprint density at radius 3 is 2.52 bits per heavy atom. The van der Waals surface area contributed by atoms with Crippen LogP contribution in [0.2, 0.25) is 0 Å². The highest BCUT2D eigenvalue weighted by Crippen LogP contribution is 2.35. The van der Waals surface area contributed by atoms with Gasteiger partial charge >= 0.3 is 0 Å². The first-order chi connectivity index (χ1) is 11.8. The van der Waals surface area contributed by atoms with Crippen molar-refractivity contribution in [2.45, 2.75) is 38.4 Å². The summed E-state index contributed by atoms with van der Waals surface area (Å²) < 4.78 is 26.1. The van der Waals surface area contributed by atoms with Crippen molar-refractivity contribution in [1.29, 1.82) is 0 Å². The molecule has 0 bridgehead atoms. The van der Waals surface area contributed by atoms with E-state index in [1.165, 1.54) is 11.4 Å². The average molecular weight is 361 g/mol. The van der Waals surface area contributed by atoms with Gasteiger partial charge in [0.2, 0.25) is 15.9 Å². The summed E-state index contributed by atoms with van der Waals surface area (Å²) in [5, 5.41) is 0. The van der Waals surface area contributed by atoms with E-state index < -0.39 is 16.1 Å². The fraction of sp³-hybridized carbons (Fsp3) is 0.588. The number of hydrogen-bond acceptors (Lipinski definition) is 4. The first kappa shape index (κ1) is 18.4. The topological polar surface area (TPSA) is 60.9 Å². The molecule has 0 N–H and O–H groups in total. The standard InChI is InChI=1S/C17H24BN3O3S/c1-3-25(23,24)19(2)16-15-7-5-4-6-13(15)12-21(17(16)22)14-8-10-20(18)11-9-14/h4-7,14,16H,3,8-12H2,1-2H3. The number of amides is 1. The molecule has 2 aliphatic heterocycles. The molecule has 25 heavy (non-hydrogen) atoms. The van der Waals surface area contributed by atoms with Gasteiger partial charge in [-0.15, -0.1) is 0 Å². The van der Waals surface area contributed by atoms with Crippen LogP contribution in [0.15, 0.2) is 24.3 Å². The molecule has 2 aliphatic rings. The molecule has 3 rings (SSSR count). The lowest BCUT2D eigenvalue weighted by molar-refractivity contribution is -0.140. The quantitative estimate of drug-likeness (QED) is 0.748. The van der Waals surface area contributed by atoms with Crippen molar-refractivity contribution in [3.05, 3.63) is 35.4 Å². The lowest BCUT2D eigenvalue weighted by Crippen LogP contribution is -2.53. The third-order valence-electron chi connectivity index (χ3n) is 5.31. The van der Waals surface area contributed by atoms with Gasteiger partial charge in [-0.2, -0.15) is 4.31 Å². The number of likely N-dealkylation sites (N-methyl/N-ethyl adjacent to an activating group) is 1. The molecule has 6 nitrogen and oxygen atoms in total. The monoisotopic (exact) mass is 361 g/mol. The van der Waals surface area contributed by atoms with E-state index in [1.54, 1.807) is 11.7 Å². The molecule has 1 saturated heterocycles. The molecule has 1 aromatic carbocycles. The molecule has 0 spiro atoms. The van der Waals surface area contributed by atoms with Crippen LogP contribution in [0, 0.1) is 0 Å². The zero-order valence-electron chi connectivity index (χ0n) is 14.8. The minimum Gasteiger partial charge on any atom is -0.353 e. The van der Waals surface area contributed by atoms with Crippen LogP contribution < -0.4 is 0 Å². The van der Waals surface area contributed by atoms with Crippen LogP contribution in [-0.4, -0.2) is 68.3 Å². The molecule has 0 aliphatic carbocycles. The summed E-state index contributed by atoms with van der Waals surface area (Å²) >= 11 is 0. The number of fused-ring (bicyclic) bond motifs is 1. The van der Waals surface area contributed by atoms with Gasteiger partial charge in [0.1, 0.15) is 6.04 Å². The van der Waals surface area contributed by atoms with E-state index in [4.69, 9.17) is 7.98 Å². The predicted octanol–water partition coefficient (Wildman–Crippen LogP) is 0.899. The van der Waals surface area contributed by atoms with Crippen LogP contribution in [0.25, 0.3) is 0 Å². The van der Waals surface area contributed by atoms with Crippen molar-refractivity contribution in [1.82, 2.24) is 14.0 Å². The van der Waals surface area contributed by atoms with Gasteiger partial charge in [0, 0.05) is 19.6 Å². The molecule has 2 heterocycles. The second kappa shape index (κ2) is 7.09. The number of carbonyl (C=O) groups is 1. The normalized spacial score (nSPS) is 23.1. The maximum atomic E-state index is 13.2. The van der Waals surface area contributed by atoms with Crippen LogP contribution in [0.3, 0.4) is 0 Å². The lowest BCUT2D eigenvalue weighted by Gasteiger charge is -2.43. The van der Waals surface area contributed by atoms with Gasteiger partial charge in [0.25, 0.3) is 0 Å². The van der Waals surface area contributed by atoms with Crippen LogP contribution >= 0.6 is 0 Å². The predicted molar refractivity (Wildman–Crippen MR) is 97.3 cm³/mol. The highest BCUT2D eigenvalue weighted by Gasteiger charge is 2.42. The van der Waals surface area contributed by atoms with Crippen molar-refractivity contribution in [2.24, 2.45) is 0 Å². The van der Waals surface area contributed by atoms with Crippen molar-refractivity contribution in [2.75, 3.05) is 25.9 Å². The molecule has 134 valence electrons. The Bertz CT molecular complexity index is 747. The minimum atomic E-state index is -3.48. The van der Waals surface area contributed by atoms with Gasteiger partial charge in [-0.25, -0.2) is 8.42 Å². The Balaban J connectivity index is 1.97. The van der Waals surface area contributed by atoms with E-state index >= 15 is 0 Å². The van der Waals surface area contributed by atoms with E-state index in [0.29, 0.717) is 6.54 Å². The average Bonchev–Trinajstić information content (AvgIpc) is 2.61. The summed E-state index contributed by atoms with van der Waals surface area (Å²) in [7, 11) is 3.86. The van der Waals surface area contributed by atoms with Crippen LogP contribution in [0.5, 0.6) is 0 Å². The Morgan fingerprint density at radius 1 is 1.24 bits per heavy atom. The molecule has 1 fully saturated rings. The molecule has 0 aromatic heterocycles. The first-order valence-corrected chi connectivity index (χ1v) is 10.3. The summed E-state index contributed by atoms with van der Waals surface area (Å²) in [5.41, 5.74) is 1.81. The Morgan fingerprint density at radius 2 is 1.88 bits per heavy atom. The van der Waals surface area contributed by atoms with Crippen molar-refractivity contribution < 1.29 is 13.2 Å². The molecule has 1 aromatic rings. The van der Waals surface area contributed by atoms with E-state index in [9.17, 15) is 13.2 Å². The van der Waals surface area contributed by atoms with E-state index in [2.05, 4.69) is 0 Å². The number of benzene rings is 1. The fourth-order valence-corrected chi connectivity index (χ4v) is 4.65. The van der Waals surface area contributed by atoms with Gasteiger partial charge in [0.15, 0.2) is 7.98 Å². The van der Waals surface area contributed by atoms with Gasteiger partial charge in [-0.05, 0) is 44.0 Å². The Labute approximate surface area is 151 Å². The molecule has 1 unspecified atom stereocenters. The molecule has 8 heteroatoms. The first-order valence-electron chi connectivity index (χ1n) is 8.68. The maximum absolute atomic E-state index is 13.2. The second-order valence-corrected chi connectivity index (χ2v) is 9.07. The van der Waals surface area contributed by atoms with Crippen molar-refractivity contribution >= 4 is 23.9 Å². The zero-order chi connectivity index (χ0) is 18.2. The van der Waals surface area contributed by atoms with Crippen LogP contribution in [0.1, 0.15) is 36.9 Å². The Kier molecular flexibility index (Phi) is 5.22. The molecule has 1 atom stereocenters. The molecule has 1 amide bonds. The molecule has 0 saturated carbocycles. The third-order valence-corrected chi connectivity index (χ3v) is 7.13. The van der Waals surface area contributed by atoms with E-state index in [-0.39, 0.29) is 17.7 Å². The number of rotatable bonds is 4. The summed E-state index contributed by atoms with van der Waals surface area (Å²) in [6.07, 6.45) is 1.61. The third kappa shape index (κ3) is 3.48. The fourth-order valence-electron chi connectivity index (χ4n) is 3.72. The van der Waals surface area contributed by atoms with Gasteiger partial charge in [0.05, 0.1) is 5.75 Å². The van der Waals surface area contributed by atoms with Crippen molar-refractivity contribution in [3.63, 3.8) is 0 Å². The number of carbonyl (C=O) groups excluding carboxylic acids is 1. The van der Waals surface area contributed by atoms with Gasteiger partial charge in [-0.3, -0.25) is 4.79 Å². The highest BCUT2D eigenvalue weighted by atomic mass is 32.2. The molecular weight excluding hydrogens is 337 g/mol. The van der Waals surface area contributed by atoms with Gasteiger partial charge < -0.3 is 9.71 Å². The minimum absolute atomic E-state index is 0.0268. The lowest BCUT2D eigenvalue weighted by atomic mass is 9.91.